The van der Waals surface area contributed by atoms with Gasteiger partial charge in [-0.25, -0.2) is 9.97 Å². The van der Waals surface area contributed by atoms with Gasteiger partial charge in [0, 0.05) is 18.3 Å². The Kier molecular flexibility index (Phi) is 4.08. The van der Waals surface area contributed by atoms with Crippen molar-refractivity contribution in [1.29, 1.82) is 0 Å². The molecule has 20 heavy (non-hydrogen) atoms. The lowest BCUT2D eigenvalue weighted by atomic mass is 10.1. The van der Waals surface area contributed by atoms with E-state index in [-0.39, 0.29) is 0 Å². The van der Waals surface area contributed by atoms with Gasteiger partial charge in [-0.1, -0.05) is 0 Å². The van der Waals surface area contributed by atoms with Gasteiger partial charge >= 0.3 is 0 Å². The number of aromatic nitrogens is 2. The molecule has 0 aliphatic heterocycles. The van der Waals surface area contributed by atoms with Gasteiger partial charge in [0.05, 0.1) is 19.9 Å². The second-order valence-electron chi connectivity index (χ2n) is 4.52. The molecular formula is C15H19N3O2. The Hall–Kier alpha value is -2.30. The minimum atomic E-state index is 0.586. The fraction of sp³-hybridized carbons (Fsp3) is 0.333. The Labute approximate surface area is 119 Å². The first-order valence-corrected chi connectivity index (χ1v) is 6.35. The van der Waals surface area contributed by atoms with Crippen LogP contribution in [0.5, 0.6) is 11.5 Å². The zero-order valence-corrected chi connectivity index (χ0v) is 12.4. The molecule has 0 atom stereocenters. The molecule has 0 unspecified atom stereocenters. The van der Waals surface area contributed by atoms with Crippen LogP contribution < -0.4 is 14.8 Å². The van der Waals surface area contributed by atoms with E-state index in [1.54, 1.807) is 21.3 Å². The van der Waals surface area contributed by atoms with Gasteiger partial charge in [-0.15, -0.1) is 0 Å². The molecule has 0 aliphatic rings. The standard InChI is InChI=1S/C15H19N3O2/c1-9-6-11(14(20-5)13(7-9)19-4)12-8-10(2)17-15(16-3)18-12/h6-8H,1-5H3,(H,16,17,18). The second-order valence-corrected chi connectivity index (χ2v) is 4.52. The Morgan fingerprint density at radius 2 is 1.75 bits per heavy atom. The van der Waals surface area contributed by atoms with Crippen molar-refractivity contribution in [3.8, 4) is 22.8 Å². The SMILES string of the molecule is CNc1nc(C)cc(-c2cc(C)cc(OC)c2OC)n1. The van der Waals surface area contributed by atoms with E-state index in [1.807, 2.05) is 32.0 Å². The van der Waals surface area contributed by atoms with Crippen LogP contribution in [0.3, 0.4) is 0 Å². The number of methoxy groups -OCH3 is 2. The molecule has 2 rings (SSSR count). The molecule has 0 saturated carbocycles. The van der Waals surface area contributed by atoms with Crippen molar-refractivity contribution in [2.75, 3.05) is 26.6 Å². The summed E-state index contributed by atoms with van der Waals surface area (Å²) in [6.45, 7) is 3.95. The minimum absolute atomic E-state index is 0.586. The summed E-state index contributed by atoms with van der Waals surface area (Å²) in [6.07, 6.45) is 0. The maximum atomic E-state index is 5.48. The summed E-state index contributed by atoms with van der Waals surface area (Å²) in [5, 5.41) is 2.96. The minimum Gasteiger partial charge on any atom is -0.493 e. The van der Waals surface area contributed by atoms with Gasteiger partial charge in [0.2, 0.25) is 5.95 Å². The lowest BCUT2D eigenvalue weighted by molar-refractivity contribution is 0.356. The van der Waals surface area contributed by atoms with Gasteiger partial charge in [0.25, 0.3) is 0 Å². The fourth-order valence-corrected chi connectivity index (χ4v) is 2.11. The largest absolute Gasteiger partial charge is 0.493 e. The summed E-state index contributed by atoms with van der Waals surface area (Å²) >= 11 is 0. The van der Waals surface area contributed by atoms with E-state index in [2.05, 4.69) is 15.3 Å². The third kappa shape index (κ3) is 2.66. The van der Waals surface area contributed by atoms with Crippen molar-refractivity contribution in [2.24, 2.45) is 0 Å². The molecule has 2 aromatic rings. The highest BCUT2D eigenvalue weighted by atomic mass is 16.5. The number of aryl methyl sites for hydroxylation is 2. The van der Waals surface area contributed by atoms with Crippen molar-refractivity contribution >= 4 is 5.95 Å². The van der Waals surface area contributed by atoms with Gasteiger partial charge < -0.3 is 14.8 Å². The Morgan fingerprint density at radius 1 is 1.00 bits per heavy atom. The second kappa shape index (κ2) is 5.77. The van der Waals surface area contributed by atoms with Gasteiger partial charge in [-0.3, -0.25) is 0 Å². The zero-order chi connectivity index (χ0) is 14.7. The Balaban J connectivity index is 2.68. The number of benzene rings is 1. The summed E-state index contributed by atoms with van der Waals surface area (Å²) in [5.74, 6) is 1.96. The normalized spacial score (nSPS) is 10.2. The van der Waals surface area contributed by atoms with Crippen LogP contribution in [0.15, 0.2) is 18.2 Å². The summed E-state index contributed by atoms with van der Waals surface area (Å²) in [4.78, 5) is 8.79. The number of nitrogens with one attached hydrogen (secondary N) is 1. The zero-order valence-electron chi connectivity index (χ0n) is 12.4. The Morgan fingerprint density at radius 3 is 2.35 bits per heavy atom. The van der Waals surface area contributed by atoms with E-state index in [0.717, 1.165) is 22.5 Å². The third-order valence-electron chi connectivity index (χ3n) is 2.98. The topological polar surface area (TPSA) is 56.3 Å². The molecule has 1 N–H and O–H groups in total. The molecule has 0 saturated heterocycles. The van der Waals surface area contributed by atoms with Crippen LogP contribution in [-0.2, 0) is 0 Å². The first-order valence-electron chi connectivity index (χ1n) is 6.35. The number of hydrogen-bond acceptors (Lipinski definition) is 5. The van der Waals surface area contributed by atoms with Crippen LogP contribution >= 0.6 is 0 Å². The molecule has 1 aromatic heterocycles. The number of nitrogens with zero attached hydrogens (tertiary/aromatic N) is 2. The van der Waals surface area contributed by atoms with E-state index in [0.29, 0.717) is 17.4 Å². The van der Waals surface area contributed by atoms with Crippen LogP contribution in [0.4, 0.5) is 5.95 Å². The van der Waals surface area contributed by atoms with Crippen LogP contribution in [0, 0.1) is 13.8 Å². The number of anilines is 1. The number of ether oxygens (including phenoxy) is 2. The maximum Gasteiger partial charge on any atom is 0.223 e. The smallest absolute Gasteiger partial charge is 0.223 e. The summed E-state index contributed by atoms with van der Waals surface area (Å²) < 4.78 is 10.9. The number of rotatable bonds is 4. The predicted molar refractivity (Wildman–Crippen MR) is 79.6 cm³/mol. The van der Waals surface area contributed by atoms with E-state index >= 15 is 0 Å². The van der Waals surface area contributed by atoms with E-state index in [4.69, 9.17) is 9.47 Å². The summed E-state index contributed by atoms with van der Waals surface area (Å²) in [7, 11) is 5.06. The molecule has 0 bridgehead atoms. The van der Waals surface area contributed by atoms with Crippen molar-refractivity contribution in [3.05, 3.63) is 29.5 Å². The van der Waals surface area contributed by atoms with Crippen LogP contribution in [0.1, 0.15) is 11.3 Å². The molecule has 0 amide bonds. The molecule has 1 aromatic carbocycles. The van der Waals surface area contributed by atoms with Crippen molar-refractivity contribution in [3.63, 3.8) is 0 Å². The molecular weight excluding hydrogens is 254 g/mol. The van der Waals surface area contributed by atoms with Crippen LogP contribution in [0.2, 0.25) is 0 Å². The van der Waals surface area contributed by atoms with Gasteiger partial charge in [-0.2, -0.15) is 0 Å². The molecule has 5 heteroatoms. The van der Waals surface area contributed by atoms with E-state index in [9.17, 15) is 0 Å². The summed E-state index contributed by atoms with van der Waals surface area (Å²) in [5.41, 5.74) is 3.67. The predicted octanol–water partition coefficient (Wildman–Crippen LogP) is 2.82. The van der Waals surface area contributed by atoms with Crippen LogP contribution in [-0.4, -0.2) is 31.2 Å². The fourth-order valence-electron chi connectivity index (χ4n) is 2.11. The number of hydrogen-bond donors (Lipinski definition) is 1. The highest BCUT2D eigenvalue weighted by Gasteiger charge is 2.15. The lowest BCUT2D eigenvalue weighted by Gasteiger charge is -2.14. The molecule has 0 fully saturated rings. The monoisotopic (exact) mass is 273 g/mol. The molecule has 5 nitrogen and oxygen atoms in total. The maximum absolute atomic E-state index is 5.48. The first kappa shape index (κ1) is 14.1. The molecule has 0 spiro atoms. The van der Waals surface area contributed by atoms with Crippen molar-refractivity contribution in [1.82, 2.24) is 9.97 Å². The average molecular weight is 273 g/mol. The summed E-state index contributed by atoms with van der Waals surface area (Å²) in [6, 6.07) is 5.90. The van der Waals surface area contributed by atoms with Crippen LogP contribution in [0.25, 0.3) is 11.3 Å². The van der Waals surface area contributed by atoms with Crippen molar-refractivity contribution < 1.29 is 9.47 Å². The van der Waals surface area contributed by atoms with Gasteiger partial charge in [-0.05, 0) is 37.6 Å². The van der Waals surface area contributed by atoms with Gasteiger partial charge in [0.15, 0.2) is 11.5 Å². The molecule has 0 radical (unpaired) electrons. The van der Waals surface area contributed by atoms with Gasteiger partial charge in [0.1, 0.15) is 0 Å². The molecule has 106 valence electrons. The highest BCUT2D eigenvalue weighted by Crippen LogP contribution is 2.38. The highest BCUT2D eigenvalue weighted by molar-refractivity contribution is 5.73. The average Bonchev–Trinajstić information content (AvgIpc) is 2.45. The first-order chi connectivity index (χ1) is 9.58. The Bertz CT molecular complexity index is 627. The molecule has 1 heterocycles. The van der Waals surface area contributed by atoms with Crippen molar-refractivity contribution in [2.45, 2.75) is 13.8 Å². The third-order valence-corrected chi connectivity index (χ3v) is 2.98. The van der Waals surface area contributed by atoms with E-state index < -0.39 is 0 Å². The molecule has 0 aliphatic carbocycles. The quantitative estimate of drug-likeness (QED) is 0.928. The lowest BCUT2D eigenvalue weighted by Crippen LogP contribution is -2.01. The van der Waals surface area contributed by atoms with E-state index in [1.165, 1.54) is 0 Å².